The average molecular weight is 641 g/mol. The summed E-state index contributed by atoms with van der Waals surface area (Å²) in [6.45, 7) is 13.2. The van der Waals surface area contributed by atoms with E-state index in [1.165, 1.54) is 5.57 Å². The van der Waals surface area contributed by atoms with Crippen LogP contribution in [0.15, 0.2) is 23.8 Å². The summed E-state index contributed by atoms with van der Waals surface area (Å²) in [6, 6.07) is 2.04. The van der Waals surface area contributed by atoms with E-state index in [1.807, 2.05) is 6.92 Å². The Hall–Kier alpha value is -2.78. The molecule has 0 spiro atoms. The number of benzene rings is 1. The molecule has 1 aromatic carbocycles. The van der Waals surface area contributed by atoms with E-state index < -0.39 is 57.6 Å². The summed E-state index contributed by atoms with van der Waals surface area (Å²) in [4.78, 5) is 26.0. The van der Waals surface area contributed by atoms with Gasteiger partial charge in [0.25, 0.3) is 0 Å². The molecule has 0 radical (unpaired) electrons. The van der Waals surface area contributed by atoms with Crippen molar-refractivity contribution in [1.82, 2.24) is 0 Å². The Balaban J connectivity index is 1.34. The second-order valence-electron chi connectivity index (χ2n) is 17.3. The molecule has 5 aliphatic carbocycles. The number of aliphatic carboxylic acids is 1. The number of phenolic OH excluding ortho intramolecular Hbond substituents is 3. The molecule has 6 N–H and O–H groups in total. The van der Waals surface area contributed by atoms with E-state index in [2.05, 4.69) is 40.7 Å². The predicted molar refractivity (Wildman–Crippen MR) is 170 cm³/mol. The topological polar surface area (TPSA) is 165 Å². The molecule has 10 atom stereocenters. The molecule has 4 fully saturated rings. The number of hydrogen-bond acceptors (Lipinski definition) is 8. The van der Waals surface area contributed by atoms with Gasteiger partial charge in [-0.2, -0.15) is 0 Å². The van der Waals surface area contributed by atoms with Crippen LogP contribution in [0.5, 0.6) is 17.2 Å². The number of carboxylic acids is 1. The van der Waals surface area contributed by atoms with Crippen LogP contribution in [0.25, 0.3) is 0 Å². The van der Waals surface area contributed by atoms with E-state index in [0.717, 1.165) is 50.7 Å². The molecule has 0 amide bonds. The monoisotopic (exact) mass is 640 g/mol. The summed E-state index contributed by atoms with van der Waals surface area (Å²) in [6.07, 6.45) is 6.97. The lowest BCUT2D eigenvalue weighted by Crippen LogP contribution is -2.68. The van der Waals surface area contributed by atoms with Crippen molar-refractivity contribution in [2.24, 2.45) is 50.2 Å². The third kappa shape index (κ3) is 4.39. The van der Waals surface area contributed by atoms with Gasteiger partial charge in [0.2, 0.25) is 0 Å². The van der Waals surface area contributed by atoms with Crippen molar-refractivity contribution in [2.45, 2.75) is 112 Å². The zero-order valence-electron chi connectivity index (χ0n) is 28.1. The summed E-state index contributed by atoms with van der Waals surface area (Å²) in [5.74, 6) is -3.44. The molecular weight excluding hydrogens is 588 g/mol. The van der Waals surface area contributed by atoms with Gasteiger partial charge in [-0.1, -0.05) is 53.2 Å². The Bertz CT molecular complexity index is 1460. The van der Waals surface area contributed by atoms with Gasteiger partial charge in [-0.3, -0.25) is 4.79 Å². The van der Waals surface area contributed by atoms with E-state index in [1.54, 1.807) is 0 Å². The number of carboxylic acid groups (broad SMARTS) is 1. The number of aliphatic hydroxyl groups excluding tert-OH is 2. The third-order valence-corrected chi connectivity index (χ3v) is 14.6. The first-order valence-corrected chi connectivity index (χ1v) is 17.0. The minimum absolute atomic E-state index is 0.00183. The van der Waals surface area contributed by atoms with Gasteiger partial charge in [0.1, 0.15) is 0 Å². The molecule has 4 saturated carbocycles. The molecule has 9 heteroatoms. The van der Waals surface area contributed by atoms with Crippen molar-refractivity contribution in [1.29, 1.82) is 0 Å². The number of allylic oxidation sites excluding steroid dienone is 2. The van der Waals surface area contributed by atoms with Gasteiger partial charge in [0, 0.05) is 5.41 Å². The highest BCUT2D eigenvalue weighted by Gasteiger charge is 2.70. The fraction of sp³-hybridized carbons (Fsp3) is 0.730. The lowest BCUT2D eigenvalue weighted by molar-refractivity contribution is -0.243. The minimum Gasteiger partial charge on any atom is -0.504 e. The van der Waals surface area contributed by atoms with Gasteiger partial charge in [0.05, 0.1) is 29.8 Å². The quantitative estimate of drug-likeness (QED) is 0.128. The van der Waals surface area contributed by atoms with E-state index in [4.69, 9.17) is 4.74 Å². The van der Waals surface area contributed by atoms with Crippen molar-refractivity contribution in [3.05, 3.63) is 29.3 Å². The molecule has 3 unspecified atom stereocenters. The maximum absolute atomic E-state index is 13.1. The van der Waals surface area contributed by atoms with Gasteiger partial charge in [-0.25, -0.2) is 4.79 Å². The average Bonchev–Trinajstić information content (AvgIpc) is 2.97. The van der Waals surface area contributed by atoms with Gasteiger partial charge in [-0.05, 0) is 109 Å². The molecule has 0 saturated heterocycles. The summed E-state index contributed by atoms with van der Waals surface area (Å²) in [5, 5.41) is 63.0. The fourth-order valence-electron chi connectivity index (χ4n) is 11.8. The number of aromatic hydroxyl groups is 3. The van der Waals surface area contributed by atoms with E-state index in [0.29, 0.717) is 19.3 Å². The predicted octanol–water partition coefficient (Wildman–Crippen LogP) is 6.16. The second kappa shape index (κ2) is 10.4. The van der Waals surface area contributed by atoms with E-state index in [-0.39, 0.29) is 46.2 Å². The first kappa shape index (κ1) is 33.1. The lowest BCUT2D eigenvalue weighted by Gasteiger charge is -2.71. The number of carbonyl (C=O) groups is 2. The highest BCUT2D eigenvalue weighted by atomic mass is 16.5. The Morgan fingerprint density at radius 1 is 0.870 bits per heavy atom. The Morgan fingerprint density at radius 3 is 2.13 bits per heavy atom. The number of fused-ring (bicyclic) bond motifs is 7. The maximum atomic E-state index is 13.1. The molecule has 0 heterocycles. The van der Waals surface area contributed by atoms with Crippen molar-refractivity contribution in [2.75, 3.05) is 6.61 Å². The number of carbonyl (C=O) groups excluding carboxylic acids is 1. The summed E-state index contributed by atoms with van der Waals surface area (Å²) in [5.41, 5.74) is -1.20. The number of phenols is 3. The molecule has 9 nitrogen and oxygen atoms in total. The van der Waals surface area contributed by atoms with E-state index in [9.17, 15) is 40.2 Å². The first-order chi connectivity index (χ1) is 21.3. The van der Waals surface area contributed by atoms with Crippen LogP contribution < -0.4 is 0 Å². The fourth-order valence-corrected chi connectivity index (χ4v) is 11.8. The highest BCUT2D eigenvalue weighted by Crippen LogP contribution is 2.75. The summed E-state index contributed by atoms with van der Waals surface area (Å²) >= 11 is 0. The molecule has 0 bridgehead atoms. The zero-order chi connectivity index (χ0) is 33.8. The van der Waals surface area contributed by atoms with Crippen LogP contribution in [0, 0.1) is 50.2 Å². The highest BCUT2D eigenvalue weighted by molar-refractivity contribution is 5.91. The lowest BCUT2D eigenvalue weighted by atomic mass is 9.33. The molecule has 0 aromatic heterocycles. The van der Waals surface area contributed by atoms with Crippen LogP contribution >= 0.6 is 0 Å². The first-order valence-electron chi connectivity index (χ1n) is 17.0. The Kier molecular flexibility index (Phi) is 7.46. The van der Waals surface area contributed by atoms with Crippen molar-refractivity contribution in [3.8, 4) is 17.2 Å². The summed E-state index contributed by atoms with van der Waals surface area (Å²) < 4.78 is 5.73. The van der Waals surface area contributed by atoms with E-state index >= 15 is 0 Å². The number of esters is 1. The SMILES string of the molecule is CC1(C)CC[C@]2(C(=O)O)CC[C@]3(C)C(=CCC4[C@@]5(C)C[C@@H](O)[C@H](O)[C@@](C)(COC(=O)c6cc(O)c(O)c(O)c6)C5CC[C@]43C)C2C1. The largest absolute Gasteiger partial charge is 0.504 e. The van der Waals surface area contributed by atoms with Crippen molar-refractivity contribution < 1.29 is 45.0 Å². The Morgan fingerprint density at radius 2 is 1.50 bits per heavy atom. The molecular formula is C37H52O9. The zero-order valence-corrected chi connectivity index (χ0v) is 28.1. The maximum Gasteiger partial charge on any atom is 0.338 e. The van der Waals surface area contributed by atoms with Crippen LogP contribution in [0.4, 0.5) is 0 Å². The van der Waals surface area contributed by atoms with Gasteiger partial charge in [0.15, 0.2) is 17.2 Å². The smallest absolute Gasteiger partial charge is 0.338 e. The molecule has 254 valence electrons. The van der Waals surface area contributed by atoms with Gasteiger partial charge >= 0.3 is 11.9 Å². The van der Waals surface area contributed by atoms with Gasteiger partial charge in [-0.15, -0.1) is 0 Å². The van der Waals surface area contributed by atoms with Crippen LogP contribution in [0.1, 0.15) is 110 Å². The van der Waals surface area contributed by atoms with Crippen LogP contribution in [-0.2, 0) is 9.53 Å². The normalized spacial score (nSPS) is 44.4. The molecule has 0 aliphatic heterocycles. The molecule has 5 aliphatic rings. The van der Waals surface area contributed by atoms with Crippen molar-refractivity contribution >= 4 is 11.9 Å². The van der Waals surface area contributed by atoms with Crippen molar-refractivity contribution in [3.63, 3.8) is 0 Å². The van der Waals surface area contributed by atoms with Crippen LogP contribution in [0.3, 0.4) is 0 Å². The molecule has 1 aromatic rings. The number of ether oxygens (including phenoxy) is 1. The molecule has 6 rings (SSSR count). The minimum atomic E-state index is -1.13. The van der Waals surface area contributed by atoms with Crippen LogP contribution in [-0.4, -0.2) is 61.4 Å². The number of rotatable bonds is 4. The number of aliphatic hydroxyl groups is 2. The molecule has 46 heavy (non-hydrogen) atoms. The van der Waals surface area contributed by atoms with Crippen LogP contribution in [0.2, 0.25) is 0 Å². The van der Waals surface area contributed by atoms with Gasteiger partial charge < -0.3 is 35.4 Å². The Labute approximate surface area is 271 Å². The summed E-state index contributed by atoms with van der Waals surface area (Å²) in [7, 11) is 0. The second-order valence-corrected chi connectivity index (χ2v) is 17.3. The number of hydrogen-bond donors (Lipinski definition) is 6. The standard InChI is InChI=1S/C37H52O9/c1-32(2)11-13-37(31(44)45)14-12-35(5)21(22(37)17-32)7-8-27-33(3)18-25(40)29(42)34(4,26(33)9-10-36(27,35)6)19-46-30(43)20-15-23(38)28(41)24(39)16-20/h7,15-16,22,25-27,29,38-42H,8-14,17-19H2,1-6H3,(H,44,45)/t22?,25-,26?,27?,29+,33+,34+,35-,36-,37+/m1/s1. The third-order valence-electron chi connectivity index (χ3n) is 14.6.